The standard InChI is InChI=1S/C39H45N3O7/c1-36-30-23-7-9-26(43)32(30)48-34(36)24(11-13-39(36,46)29(17-23)47-19-21-4-5-21)40-41-25-10-12-38(45)28-16-22-6-8-27(44)33-31(22)37(38,35(25)49-33)14-15-42(28)18-20-2-3-20/h6-9,20-21,28-29,34-35,43-46H,2-5,10-19H2,1H3/b40-24+,41-25+/t28-,29+,34-,35+,36-,37+,38-,39+/m0/s1. The van der Waals surface area contributed by atoms with Gasteiger partial charge < -0.3 is 34.6 Å². The number of phenols is 2. The average molecular weight is 668 g/mol. The largest absolute Gasteiger partial charge is 0.504 e. The lowest BCUT2D eigenvalue weighted by molar-refractivity contribution is -0.172. The molecule has 0 amide bonds. The van der Waals surface area contributed by atoms with E-state index in [4.69, 9.17) is 24.4 Å². The van der Waals surface area contributed by atoms with Crippen molar-refractivity contribution in [3.8, 4) is 23.0 Å². The number of rotatable bonds is 6. The van der Waals surface area contributed by atoms with E-state index in [2.05, 4.69) is 4.90 Å². The predicted octanol–water partition coefficient (Wildman–Crippen LogP) is 4.05. The third-order valence-electron chi connectivity index (χ3n) is 14.5. The van der Waals surface area contributed by atoms with E-state index in [9.17, 15) is 20.4 Å². The third kappa shape index (κ3) is 3.61. The number of aromatic hydroxyl groups is 2. The zero-order valence-electron chi connectivity index (χ0n) is 28.0. The van der Waals surface area contributed by atoms with Crippen LogP contribution in [0.4, 0.5) is 0 Å². The molecule has 4 saturated carbocycles. The molecule has 2 bridgehead atoms. The Hall–Kier alpha value is -3.18. The van der Waals surface area contributed by atoms with Crippen LogP contribution in [0, 0.1) is 11.8 Å². The van der Waals surface area contributed by atoms with Gasteiger partial charge in [0.05, 0.1) is 34.0 Å². The van der Waals surface area contributed by atoms with E-state index in [-0.39, 0.29) is 23.6 Å². The van der Waals surface area contributed by atoms with Gasteiger partial charge in [0.25, 0.3) is 0 Å². The second kappa shape index (κ2) is 9.57. The first-order chi connectivity index (χ1) is 23.7. The number of benzene rings is 2. The maximum absolute atomic E-state index is 12.8. The fourth-order valence-corrected chi connectivity index (χ4v) is 11.6. The van der Waals surface area contributed by atoms with Crippen LogP contribution in [0.5, 0.6) is 23.0 Å². The van der Waals surface area contributed by atoms with Gasteiger partial charge in [-0.2, -0.15) is 10.2 Å². The Kier molecular flexibility index (Phi) is 5.77. The maximum atomic E-state index is 12.8. The second-order valence-electron chi connectivity index (χ2n) is 17.0. The lowest BCUT2D eigenvalue weighted by atomic mass is 9.49. The monoisotopic (exact) mass is 667 g/mol. The van der Waals surface area contributed by atoms with Gasteiger partial charge in [-0.25, -0.2) is 0 Å². The molecule has 8 atom stereocenters. The highest BCUT2D eigenvalue weighted by Crippen LogP contribution is 2.66. The number of aliphatic hydroxyl groups is 2. The molecular weight excluding hydrogens is 622 g/mol. The summed E-state index contributed by atoms with van der Waals surface area (Å²) in [7, 11) is 0. The molecule has 0 radical (unpaired) electrons. The number of ether oxygens (including phenoxy) is 3. The number of hydrogen-bond acceptors (Lipinski definition) is 10. The van der Waals surface area contributed by atoms with E-state index in [1.807, 2.05) is 19.1 Å². The molecule has 5 fully saturated rings. The van der Waals surface area contributed by atoms with E-state index in [0.717, 1.165) is 65.5 Å². The van der Waals surface area contributed by atoms with Crippen molar-refractivity contribution in [3.63, 3.8) is 0 Å². The summed E-state index contributed by atoms with van der Waals surface area (Å²) in [6.07, 6.45) is 7.42. The van der Waals surface area contributed by atoms with Crippen LogP contribution in [-0.2, 0) is 28.4 Å². The minimum atomic E-state index is -1.19. The number of piperidine rings is 1. The number of nitrogens with zero attached hydrogens (tertiary/aromatic N) is 3. The molecule has 11 rings (SSSR count). The van der Waals surface area contributed by atoms with Gasteiger partial charge in [0, 0.05) is 36.7 Å². The van der Waals surface area contributed by atoms with E-state index in [1.54, 1.807) is 12.1 Å². The summed E-state index contributed by atoms with van der Waals surface area (Å²) >= 11 is 0. The molecule has 3 heterocycles. The molecule has 1 saturated heterocycles. The van der Waals surface area contributed by atoms with Crippen LogP contribution in [0.2, 0.25) is 0 Å². The number of phenolic OH excluding ortho intramolecular Hbond substituents is 2. The van der Waals surface area contributed by atoms with Gasteiger partial charge in [-0.1, -0.05) is 12.1 Å². The van der Waals surface area contributed by atoms with Crippen LogP contribution in [0.1, 0.15) is 87.0 Å². The molecule has 6 aliphatic carbocycles. The van der Waals surface area contributed by atoms with Gasteiger partial charge in [-0.15, -0.1) is 0 Å². The van der Waals surface area contributed by atoms with Crippen LogP contribution in [0.15, 0.2) is 34.5 Å². The maximum Gasteiger partial charge on any atom is 0.166 e. The first-order valence-electron chi connectivity index (χ1n) is 18.6. The highest BCUT2D eigenvalue weighted by Gasteiger charge is 2.73. The minimum absolute atomic E-state index is 0.00609. The molecule has 1 spiro atoms. The van der Waals surface area contributed by atoms with Crippen molar-refractivity contribution in [1.29, 1.82) is 0 Å². The summed E-state index contributed by atoms with van der Waals surface area (Å²) in [6, 6.07) is 7.38. The molecule has 4 N–H and O–H groups in total. The van der Waals surface area contributed by atoms with Gasteiger partial charge in [0.15, 0.2) is 35.2 Å². The molecule has 49 heavy (non-hydrogen) atoms. The number of hydrogen-bond donors (Lipinski definition) is 4. The highest BCUT2D eigenvalue weighted by molar-refractivity contribution is 5.97. The molecule has 9 aliphatic rings. The smallest absolute Gasteiger partial charge is 0.166 e. The van der Waals surface area contributed by atoms with Crippen LogP contribution >= 0.6 is 0 Å². The van der Waals surface area contributed by atoms with Gasteiger partial charge in [0.2, 0.25) is 0 Å². The molecule has 3 aliphatic heterocycles. The van der Waals surface area contributed by atoms with Gasteiger partial charge >= 0.3 is 0 Å². The Morgan fingerprint density at radius 3 is 2.14 bits per heavy atom. The molecule has 0 aromatic heterocycles. The molecule has 2 aromatic rings. The van der Waals surface area contributed by atoms with Crippen LogP contribution in [0.3, 0.4) is 0 Å². The molecule has 10 heteroatoms. The Balaban J connectivity index is 0.982. The van der Waals surface area contributed by atoms with E-state index in [1.165, 1.54) is 25.7 Å². The zero-order valence-corrected chi connectivity index (χ0v) is 28.0. The minimum Gasteiger partial charge on any atom is -0.504 e. The third-order valence-corrected chi connectivity index (χ3v) is 14.5. The summed E-state index contributed by atoms with van der Waals surface area (Å²) in [5.74, 6) is 2.39. The quantitative estimate of drug-likeness (QED) is 0.339. The fourth-order valence-electron chi connectivity index (χ4n) is 11.6. The SMILES string of the molecule is C[C@]12c3c4ccc(O)c3O[C@H]1/C(=N/N=C1\CC[C@]3(O)[C@@H]5Cc6ccc(O)c7c6[C@]3(CCN5CC3CC3)[C@@H]1O7)CC[C@@]2(O)[C@H](OCC1CC1)C4. The molecular formula is C39H45N3O7. The van der Waals surface area contributed by atoms with Crippen molar-refractivity contribution < 1.29 is 34.6 Å². The van der Waals surface area contributed by atoms with E-state index < -0.39 is 34.2 Å². The van der Waals surface area contributed by atoms with Gasteiger partial charge in [0.1, 0.15) is 5.60 Å². The van der Waals surface area contributed by atoms with Crippen LogP contribution in [-0.4, -0.2) is 92.0 Å². The normalized spacial score (nSPS) is 42.5. The van der Waals surface area contributed by atoms with Crippen LogP contribution in [0.25, 0.3) is 0 Å². The topological polar surface area (TPSA) is 137 Å². The summed E-state index contributed by atoms with van der Waals surface area (Å²) in [6.45, 7) is 4.60. The lowest BCUT2D eigenvalue weighted by Gasteiger charge is -2.63. The summed E-state index contributed by atoms with van der Waals surface area (Å²) < 4.78 is 19.8. The zero-order chi connectivity index (χ0) is 33.1. The van der Waals surface area contributed by atoms with Gasteiger partial charge in [-0.3, -0.25) is 4.90 Å². The number of likely N-dealkylation sites (tertiary alicyclic amines) is 1. The first kappa shape index (κ1) is 29.5. The van der Waals surface area contributed by atoms with Crippen molar-refractivity contribution in [2.24, 2.45) is 22.0 Å². The summed E-state index contributed by atoms with van der Waals surface area (Å²) in [4.78, 5) is 2.53. The molecule has 0 unspecified atom stereocenters. The summed E-state index contributed by atoms with van der Waals surface area (Å²) in [5.41, 5.74) is 1.74. The Morgan fingerprint density at radius 1 is 0.796 bits per heavy atom. The van der Waals surface area contributed by atoms with E-state index in [0.29, 0.717) is 56.1 Å². The Morgan fingerprint density at radius 2 is 1.43 bits per heavy atom. The van der Waals surface area contributed by atoms with Crippen LogP contribution < -0.4 is 9.47 Å². The molecule has 2 aromatic carbocycles. The highest BCUT2D eigenvalue weighted by atomic mass is 16.5. The average Bonchev–Trinajstić information content (AvgIpc) is 4.01. The fraction of sp³-hybridized carbons (Fsp3) is 0.641. The molecule has 10 nitrogen and oxygen atoms in total. The Bertz CT molecular complexity index is 1870. The summed E-state index contributed by atoms with van der Waals surface area (Å²) in [5, 5.41) is 57.3. The second-order valence-corrected chi connectivity index (χ2v) is 17.0. The van der Waals surface area contributed by atoms with Crippen molar-refractivity contribution in [1.82, 2.24) is 4.90 Å². The van der Waals surface area contributed by atoms with Crippen molar-refractivity contribution in [2.45, 2.75) is 124 Å². The van der Waals surface area contributed by atoms with Crippen molar-refractivity contribution in [2.75, 3.05) is 19.7 Å². The van der Waals surface area contributed by atoms with Gasteiger partial charge in [-0.05, 0) is 113 Å². The van der Waals surface area contributed by atoms with Crippen molar-refractivity contribution >= 4 is 11.4 Å². The predicted molar refractivity (Wildman–Crippen MR) is 180 cm³/mol. The van der Waals surface area contributed by atoms with Crippen molar-refractivity contribution in [3.05, 3.63) is 46.5 Å². The first-order valence-corrected chi connectivity index (χ1v) is 18.6. The molecule has 258 valence electrons. The Labute approximate surface area is 285 Å². The van der Waals surface area contributed by atoms with E-state index >= 15 is 0 Å². The lowest BCUT2D eigenvalue weighted by Crippen LogP contribution is -2.76.